The lowest BCUT2D eigenvalue weighted by Crippen LogP contribution is -2.29. The molecule has 0 spiro atoms. The van der Waals surface area contributed by atoms with Crippen molar-refractivity contribution in [1.82, 2.24) is 14.2 Å². The van der Waals surface area contributed by atoms with Crippen LogP contribution in [0.2, 0.25) is 0 Å². The first-order chi connectivity index (χ1) is 13.5. The van der Waals surface area contributed by atoms with E-state index in [0.717, 1.165) is 27.8 Å². The quantitative estimate of drug-likeness (QED) is 0.590. The van der Waals surface area contributed by atoms with Gasteiger partial charge in [-0.2, -0.15) is 4.98 Å². The molecule has 6 nitrogen and oxygen atoms in total. The molecule has 0 aliphatic carbocycles. The summed E-state index contributed by atoms with van der Waals surface area (Å²) < 4.78 is 3.82. The van der Waals surface area contributed by atoms with Gasteiger partial charge in [0.15, 0.2) is 5.65 Å². The van der Waals surface area contributed by atoms with Gasteiger partial charge in [0.2, 0.25) is 5.91 Å². The molecule has 142 valence electrons. The lowest BCUT2D eigenvalue weighted by molar-refractivity contribution is -0.119. The smallest absolute Gasteiger partial charge is 0.273 e. The lowest BCUT2D eigenvalue weighted by Gasteiger charge is -2.21. The molecule has 0 saturated carbocycles. The van der Waals surface area contributed by atoms with Crippen LogP contribution < -0.4 is 10.9 Å². The largest absolute Gasteiger partial charge is 0.324 e. The second kappa shape index (κ2) is 6.96. The minimum Gasteiger partial charge on any atom is -0.324 e. The minimum atomic E-state index is -0.454. The SMILES string of the molecule is CC[C@H](C(=O)Nc1ccccc1C)n1c2ccccc2c2nc(=O)cc(C)n21. The Labute approximate surface area is 162 Å². The number of nitrogens with zero attached hydrogens (tertiary/aromatic N) is 3. The molecule has 28 heavy (non-hydrogen) atoms. The third-order valence-electron chi connectivity index (χ3n) is 5.08. The first-order valence-electron chi connectivity index (χ1n) is 9.37. The summed E-state index contributed by atoms with van der Waals surface area (Å²) in [5.41, 5.74) is 3.72. The number of nitrogens with one attached hydrogen (secondary N) is 1. The second-order valence-corrected chi connectivity index (χ2v) is 6.96. The summed E-state index contributed by atoms with van der Waals surface area (Å²) in [6.07, 6.45) is 0.594. The number of fused-ring (bicyclic) bond motifs is 3. The van der Waals surface area contributed by atoms with Gasteiger partial charge in [-0.25, -0.2) is 4.52 Å². The van der Waals surface area contributed by atoms with Crippen LogP contribution in [0.25, 0.3) is 16.6 Å². The number of rotatable bonds is 4. The number of amides is 1. The van der Waals surface area contributed by atoms with Crippen molar-refractivity contribution in [3.63, 3.8) is 0 Å². The maximum absolute atomic E-state index is 13.2. The summed E-state index contributed by atoms with van der Waals surface area (Å²) in [6, 6.07) is 16.5. The van der Waals surface area contributed by atoms with Crippen molar-refractivity contribution < 1.29 is 4.79 Å². The summed E-state index contributed by atoms with van der Waals surface area (Å²) in [5, 5.41) is 3.91. The average Bonchev–Trinajstić information content (AvgIpc) is 2.99. The molecule has 0 aliphatic rings. The number of benzene rings is 2. The molecule has 2 aromatic carbocycles. The van der Waals surface area contributed by atoms with E-state index in [2.05, 4.69) is 10.3 Å². The highest BCUT2D eigenvalue weighted by atomic mass is 16.2. The van der Waals surface area contributed by atoms with Gasteiger partial charge in [-0.1, -0.05) is 37.3 Å². The van der Waals surface area contributed by atoms with Gasteiger partial charge in [-0.3, -0.25) is 14.3 Å². The summed E-state index contributed by atoms with van der Waals surface area (Å²) >= 11 is 0. The number of carbonyl (C=O) groups is 1. The van der Waals surface area contributed by atoms with Crippen LogP contribution in [0.1, 0.15) is 30.6 Å². The molecular weight excluding hydrogens is 352 g/mol. The van der Waals surface area contributed by atoms with Crippen LogP contribution in [0.4, 0.5) is 5.69 Å². The Kier molecular flexibility index (Phi) is 4.47. The molecule has 2 aromatic heterocycles. The van der Waals surface area contributed by atoms with Gasteiger partial charge in [0.25, 0.3) is 5.56 Å². The average molecular weight is 374 g/mol. The number of hydrogen-bond acceptors (Lipinski definition) is 3. The van der Waals surface area contributed by atoms with Crippen molar-refractivity contribution in [2.45, 2.75) is 33.2 Å². The summed E-state index contributed by atoms with van der Waals surface area (Å²) in [6.45, 7) is 5.81. The number of aromatic nitrogens is 3. The molecule has 0 bridgehead atoms. The molecule has 4 aromatic rings. The van der Waals surface area contributed by atoms with Gasteiger partial charge < -0.3 is 5.32 Å². The Morgan fingerprint density at radius 2 is 1.82 bits per heavy atom. The zero-order valence-electron chi connectivity index (χ0n) is 16.1. The van der Waals surface area contributed by atoms with E-state index in [-0.39, 0.29) is 11.5 Å². The number of carbonyl (C=O) groups excluding carboxylic acids is 1. The Hall–Kier alpha value is -3.41. The topological polar surface area (TPSA) is 68.4 Å². The highest BCUT2D eigenvalue weighted by Gasteiger charge is 2.25. The first-order valence-corrected chi connectivity index (χ1v) is 9.37. The number of hydrogen-bond donors (Lipinski definition) is 1. The van der Waals surface area contributed by atoms with Crippen LogP contribution in [-0.4, -0.2) is 20.1 Å². The van der Waals surface area contributed by atoms with E-state index >= 15 is 0 Å². The van der Waals surface area contributed by atoms with E-state index in [9.17, 15) is 9.59 Å². The van der Waals surface area contributed by atoms with Gasteiger partial charge >= 0.3 is 0 Å². The minimum absolute atomic E-state index is 0.0995. The van der Waals surface area contributed by atoms with E-state index in [0.29, 0.717) is 12.1 Å². The fourth-order valence-corrected chi connectivity index (χ4v) is 3.71. The monoisotopic (exact) mass is 374 g/mol. The summed E-state index contributed by atoms with van der Waals surface area (Å²) in [5.74, 6) is -0.0995. The number of aryl methyl sites for hydroxylation is 2. The van der Waals surface area contributed by atoms with Crippen molar-refractivity contribution in [3.05, 3.63) is 76.2 Å². The maximum Gasteiger partial charge on any atom is 0.273 e. The highest BCUT2D eigenvalue weighted by Crippen LogP contribution is 2.27. The fraction of sp³-hybridized carbons (Fsp3) is 0.227. The van der Waals surface area contributed by atoms with Gasteiger partial charge in [-0.15, -0.1) is 0 Å². The third kappa shape index (κ3) is 2.87. The van der Waals surface area contributed by atoms with E-state index in [4.69, 9.17) is 0 Å². The Bertz CT molecular complexity index is 1250. The van der Waals surface area contributed by atoms with Crippen molar-refractivity contribution >= 4 is 28.1 Å². The van der Waals surface area contributed by atoms with Crippen molar-refractivity contribution in [2.75, 3.05) is 5.32 Å². The molecule has 0 aliphatic heterocycles. The normalized spacial score (nSPS) is 12.4. The molecule has 6 heteroatoms. The van der Waals surface area contributed by atoms with Crippen LogP contribution in [-0.2, 0) is 4.79 Å². The summed E-state index contributed by atoms with van der Waals surface area (Å²) in [4.78, 5) is 29.4. The van der Waals surface area contributed by atoms with Crippen LogP contribution in [0.15, 0.2) is 59.4 Å². The molecule has 0 saturated heterocycles. The molecule has 1 amide bonds. The maximum atomic E-state index is 13.2. The molecule has 0 fully saturated rings. The van der Waals surface area contributed by atoms with Crippen LogP contribution >= 0.6 is 0 Å². The zero-order chi connectivity index (χ0) is 19.8. The van der Waals surface area contributed by atoms with Crippen molar-refractivity contribution in [2.24, 2.45) is 0 Å². The first kappa shape index (κ1) is 18.0. The predicted octanol–water partition coefficient (Wildman–Crippen LogP) is 3.86. The van der Waals surface area contributed by atoms with Crippen molar-refractivity contribution in [1.29, 1.82) is 0 Å². The molecule has 1 atom stereocenters. The molecule has 4 rings (SSSR count). The zero-order valence-corrected chi connectivity index (χ0v) is 16.1. The van der Waals surface area contributed by atoms with Crippen molar-refractivity contribution in [3.8, 4) is 0 Å². The van der Waals surface area contributed by atoms with E-state index in [1.54, 1.807) is 0 Å². The second-order valence-electron chi connectivity index (χ2n) is 6.96. The lowest BCUT2D eigenvalue weighted by atomic mass is 10.1. The molecule has 0 radical (unpaired) electrons. The van der Waals surface area contributed by atoms with E-state index in [1.165, 1.54) is 6.07 Å². The van der Waals surface area contributed by atoms with Crippen LogP contribution in [0, 0.1) is 13.8 Å². The molecule has 1 N–H and O–H groups in total. The number of para-hydroxylation sites is 2. The van der Waals surface area contributed by atoms with E-state index < -0.39 is 6.04 Å². The molecular formula is C22H22N4O2. The van der Waals surface area contributed by atoms with Gasteiger partial charge in [-0.05, 0) is 44.0 Å². The Balaban J connectivity index is 1.91. The number of anilines is 1. The van der Waals surface area contributed by atoms with E-state index in [1.807, 2.05) is 78.5 Å². The molecule has 2 heterocycles. The standard InChI is InChI=1S/C22H22N4O2/c1-4-18(22(28)23-17-11-7-5-9-14(17)2)26-19-12-8-6-10-16(19)21-24-20(27)13-15(3)25(21)26/h5-13,18H,4H2,1-3H3,(H,23,28)/t18-/m1/s1. The third-order valence-corrected chi connectivity index (χ3v) is 5.08. The van der Waals surface area contributed by atoms with Gasteiger partial charge in [0.05, 0.1) is 5.52 Å². The van der Waals surface area contributed by atoms with Gasteiger partial charge in [0, 0.05) is 22.8 Å². The Morgan fingerprint density at radius 3 is 2.57 bits per heavy atom. The Morgan fingerprint density at radius 1 is 1.11 bits per heavy atom. The highest BCUT2D eigenvalue weighted by molar-refractivity contribution is 5.98. The summed E-state index contributed by atoms with van der Waals surface area (Å²) in [7, 11) is 0. The van der Waals surface area contributed by atoms with Crippen LogP contribution in [0.3, 0.4) is 0 Å². The van der Waals surface area contributed by atoms with Gasteiger partial charge in [0.1, 0.15) is 6.04 Å². The van der Waals surface area contributed by atoms with Crippen LogP contribution in [0.5, 0.6) is 0 Å². The predicted molar refractivity (Wildman–Crippen MR) is 111 cm³/mol. The molecule has 0 unspecified atom stereocenters. The fourth-order valence-electron chi connectivity index (χ4n) is 3.71.